The summed E-state index contributed by atoms with van der Waals surface area (Å²) in [5.41, 5.74) is -0.111. The second-order valence-corrected chi connectivity index (χ2v) is 3.46. The lowest BCUT2D eigenvalue weighted by Crippen LogP contribution is -2.49. The molecule has 0 aromatic carbocycles. The lowest BCUT2D eigenvalue weighted by molar-refractivity contribution is -0.120. The first-order valence-electron chi connectivity index (χ1n) is 4.22. The Morgan fingerprint density at radius 2 is 2.50 bits per heavy atom. The zero-order chi connectivity index (χ0) is 9.03. The van der Waals surface area contributed by atoms with Crippen molar-refractivity contribution in [2.45, 2.75) is 25.3 Å². The lowest BCUT2D eigenvalue weighted by Gasteiger charge is -2.26. The fourth-order valence-corrected chi connectivity index (χ4v) is 1.49. The van der Waals surface area contributed by atoms with Crippen molar-refractivity contribution in [2.24, 2.45) is 0 Å². The molecular weight excluding hydrogens is 174 g/mol. The highest BCUT2D eigenvalue weighted by Gasteiger charge is 2.33. The van der Waals surface area contributed by atoms with Crippen LogP contribution in [-0.4, -0.2) is 30.4 Å². The molecule has 0 radical (unpaired) electrons. The highest BCUT2D eigenvalue weighted by molar-refractivity contribution is 7.81. The summed E-state index contributed by atoms with van der Waals surface area (Å²) in [7, 11) is 0. The predicted molar refractivity (Wildman–Crippen MR) is 50.5 cm³/mol. The Hall–Kier alpha value is -0.220. The molecule has 1 fully saturated rings. The number of thiol groups is 1. The summed E-state index contributed by atoms with van der Waals surface area (Å²) in [5.74, 6) is 0.243. The Labute approximate surface area is 78.3 Å². The number of rotatable bonds is 3. The van der Waals surface area contributed by atoms with E-state index in [1.807, 2.05) is 0 Å². The molecule has 0 saturated carbocycles. The Balaban J connectivity index is 2.49. The molecule has 12 heavy (non-hydrogen) atoms. The van der Waals surface area contributed by atoms with Crippen LogP contribution in [0.15, 0.2) is 0 Å². The van der Waals surface area contributed by atoms with Crippen molar-refractivity contribution < 1.29 is 9.53 Å². The van der Waals surface area contributed by atoms with Gasteiger partial charge in [0.2, 0.25) is 5.91 Å². The molecule has 0 aromatic rings. The van der Waals surface area contributed by atoms with Gasteiger partial charge in [-0.25, -0.2) is 0 Å². The van der Waals surface area contributed by atoms with E-state index in [4.69, 9.17) is 4.74 Å². The van der Waals surface area contributed by atoms with Crippen molar-refractivity contribution in [2.75, 3.05) is 19.0 Å². The molecular formula is C8H15NO2S. The zero-order valence-electron chi connectivity index (χ0n) is 7.30. The van der Waals surface area contributed by atoms with Gasteiger partial charge in [-0.3, -0.25) is 4.79 Å². The van der Waals surface area contributed by atoms with Crippen molar-refractivity contribution in [3.8, 4) is 0 Å². The summed E-state index contributed by atoms with van der Waals surface area (Å²) in [5, 5.41) is 2.95. The minimum atomic E-state index is -0.111. The van der Waals surface area contributed by atoms with E-state index >= 15 is 0 Å². The molecule has 0 aromatic heterocycles. The third kappa shape index (κ3) is 2.14. The summed E-state index contributed by atoms with van der Waals surface area (Å²) in [6, 6.07) is 0. The second kappa shape index (κ2) is 4.14. The maximum atomic E-state index is 11.1. The van der Waals surface area contributed by atoms with E-state index in [9.17, 15) is 4.79 Å². The smallest absolute Gasteiger partial charge is 0.230 e. The van der Waals surface area contributed by atoms with Crippen LogP contribution in [0.4, 0.5) is 0 Å². The molecule has 1 aliphatic rings. The highest BCUT2D eigenvalue weighted by Crippen LogP contribution is 2.21. The van der Waals surface area contributed by atoms with E-state index in [1.54, 1.807) is 0 Å². The monoisotopic (exact) mass is 189 g/mol. The number of ether oxygens (including phenoxy) is 1. The fraction of sp³-hybridized carbons (Fsp3) is 0.875. The Bertz CT molecular complexity index is 166. The quantitative estimate of drug-likeness (QED) is 0.638. The van der Waals surface area contributed by atoms with Gasteiger partial charge < -0.3 is 10.1 Å². The number of hydrogen-bond acceptors (Lipinski definition) is 3. The van der Waals surface area contributed by atoms with Gasteiger partial charge in [-0.15, -0.1) is 0 Å². The topological polar surface area (TPSA) is 38.3 Å². The standard InChI is InChI=1S/C8H15NO2S/c1-2-8(3-4-11-6-8)9-7(10)5-12/h12H,2-6H2,1H3,(H,9,10). The van der Waals surface area contributed by atoms with Crippen LogP contribution < -0.4 is 5.32 Å². The first-order valence-corrected chi connectivity index (χ1v) is 4.85. The van der Waals surface area contributed by atoms with Crippen LogP contribution in [0.5, 0.6) is 0 Å². The first-order chi connectivity index (χ1) is 5.72. The van der Waals surface area contributed by atoms with Gasteiger partial charge in [0.25, 0.3) is 0 Å². The van der Waals surface area contributed by atoms with Gasteiger partial charge in [0.1, 0.15) is 0 Å². The van der Waals surface area contributed by atoms with Crippen LogP contribution in [-0.2, 0) is 9.53 Å². The number of amides is 1. The van der Waals surface area contributed by atoms with Gasteiger partial charge in [-0.05, 0) is 12.8 Å². The van der Waals surface area contributed by atoms with E-state index in [0.717, 1.165) is 19.4 Å². The van der Waals surface area contributed by atoms with Crippen LogP contribution in [0.2, 0.25) is 0 Å². The normalized spacial score (nSPS) is 28.8. The van der Waals surface area contributed by atoms with E-state index in [-0.39, 0.29) is 17.2 Å². The van der Waals surface area contributed by atoms with E-state index < -0.39 is 0 Å². The highest BCUT2D eigenvalue weighted by atomic mass is 32.1. The maximum absolute atomic E-state index is 11.1. The molecule has 1 heterocycles. The van der Waals surface area contributed by atoms with Gasteiger partial charge in [0, 0.05) is 6.61 Å². The average Bonchev–Trinajstić information content (AvgIpc) is 2.54. The third-order valence-corrected chi connectivity index (χ3v) is 2.62. The largest absolute Gasteiger partial charge is 0.379 e. The molecule has 1 atom stereocenters. The molecule has 0 spiro atoms. The van der Waals surface area contributed by atoms with Gasteiger partial charge >= 0.3 is 0 Å². The Kier molecular flexibility index (Phi) is 3.40. The third-order valence-electron chi connectivity index (χ3n) is 2.33. The Morgan fingerprint density at radius 3 is 2.92 bits per heavy atom. The first kappa shape index (κ1) is 9.86. The van der Waals surface area contributed by atoms with Crippen LogP contribution in [0.25, 0.3) is 0 Å². The molecule has 1 aliphatic heterocycles. The minimum Gasteiger partial charge on any atom is -0.379 e. The second-order valence-electron chi connectivity index (χ2n) is 3.14. The molecule has 1 saturated heterocycles. The van der Waals surface area contributed by atoms with Crippen molar-refractivity contribution in [3.63, 3.8) is 0 Å². The molecule has 3 nitrogen and oxygen atoms in total. The summed E-state index contributed by atoms with van der Waals surface area (Å²) in [6.45, 7) is 3.46. The predicted octanol–water partition coefficient (Wildman–Crippen LogP) is 0.601. The number of carbonyl (C=O) groups excluding carboxylic acids is 1. The van der Waals surface area contributed by atoms with Crippen molar-refractivity contribution in [1.82, 2.24) is 5.32 Å². The van der Waals surface area contributed by atoms with Gasteiger partial charge in [-0.2, -0.15) is 12.6 Å². The van der Waals surface area contributed by atoms with E-state index in [1.165, 1.54) is 0 Å². The average molecular weight is 189 g/mol. The van der Waals surface area contributed by atoms with Gasteiger partial charge in [0.05, 0.1) is 17.9 Å². The molecule has 1 rings (SSSR count). The van der Waals surface area contributed by atoms with Gasteiger partial charge in [0.15, 0.2) is 0 Å². The van der Waals surface area contributed by atoms with Crippen LogP contribution in [0, 0.1) is 0 Å². The van der Waals surface area contributed by atoms with E-state index in [2.05, 4.69) is 24.9 Å². The molecule has 4 heteroatoms. The van der Waals surface area contributed by atoms with Crippen molar-refractivity contribution in [1.29, 1.82) is 0 Å². The lowest BCUT2D eigenvalue weighted by atomic mass is 9.95. The number of nitrogens with one attached hydrogen (secondary N) is 1. The van der Waals surface area contributed by atoms with E-state index in [0.29, 0.717) is 6.61 Å². The molecule has 1 amide bonds. The maximum Gasteiger partial charge on any atom is 0.230 e. The molecule has 0 bridgehead atoms. The number of hydrogen-bond donors (Lipinski definition) is 2. The SMILES string of the molecule is CCC1(NC(=O)CS)CCOC1. The summed E-state index contributed by atoms with van der Waals surface area (Å²) < 4.78 is 5.26. The number of carbonyl (C=O) groups is 1. The summed E-state index contributed by atoms with van der Waals surface area (Å²) in [6.07, 6.45) is 1.84. The summed E-state index contributed by atoms with van der Waals surface area (Å²) >= 11 is 3.91. The van der Waals surface area contributed by atoms with Crippen molar-refractivity contribution in [3.05, 3.63) is 0 Å². The van der Waals surface area contributed by atoms with Crippen molar-refractivity contribution >= 4 is 18.5 Å². The van der Waals surface area contributed by atoms with Crippen LogP contribution >= 0.6 is 12.6 Å². The molecule has 70 valence electrons. The molecule has 1 N–H and O–H groups in total. The summed E-state index contributed by atoms with van der Waals surface area (Å²) in [4.78, 5) is 11.1. The van der Waals surface area contributed by atoms with Crippen LogP contribution in [0.1, 0.15) is 19.8 Å². The minimum absolute atomic E-state index is 0.00863. The Morgan fingerprint density at radius 1 is 1.75 bits per heavy atom. The molecule has 0 aliphatic carbocycles. The zero-order valence-corrected chi connectivity index (χ0v) is 8.19. The van der Waals surface area contributed by atoms with Crippen LogP contribution in [0.3, 0.4) is 0 Å². The fourth-order valence-electron chi connectivity index (χ4n) is 1.41. The van der Waals surface area contributed by atoms with Gasteiger partial charge in [-0.1, -0.05) is 6.92 Å². The molecule has 1 unspecified atom stereocenters.